The van der Waals surface area contributed by atoms with Gasteiger partial charge in [0, 0.05) is 12.0 Å². The summed E-state index contributed by atoms with van der Waals surface area (Å²) in [6.45, 7) is 3.22. The monoisotopic (exact) mass is 370 g/mol. The van der Waals surface area contributed by atoms with E-state index in [0.717, 1.165) is 22.2 Å². The number of nitrogens with one attached hydrogen (secondary N) is 1. The van der Waals surface area contributed by atoms with Crippen molar-refractivity contribution in [3.63, 3.8) is 0 Å². The van der Waals surface area contributed by atoms with Gasteiger partial charge in [0.15, 0.2) is 5.82 Å². The van der Waals surface area contributed by atoms with Gasteiger partial charge in [-0.05, 0) is 36.1 Å². The van der Waals surface area contributed by atoms with Crippen LogP contribution in [0.5, 0.6) is 5.75 Å². The fourth-order valence-electron chi connectivity index (χ4n) is 2.85. The van der Waals surface area contributed by atoms with E-state index >= 15 is 0 Å². The molecule has 0 saturated carbocycles. The molecule has 1 aromatic carbocycles. The second-order valence-electron chi connectivity index (χ2n) is 6.12. The Bertz CT molecular complexity index is 966. The zero-order valence-corrected chi connectivity index (χ0v) is 15.0. The van der Waals surface area contributed by atoms with Crippen molar-refractivity contribution in [2.75, 3.05) is 18.5 Å². The molecule has 26 heavy (non-hydrogen) atoms. The maximum Gasteiger partial charge on any atom is 0.248 e. The Morgan fingerprint density at radius 1 is 1.42 bits per heavy atom. The van der Waals surface area contributed by atoms with Crippen molar-refractivity contribution in [3.8, 4) is 5.75 Å². The number of rotatable bonds is 5. The van der Waals surface area contributed by atoms with Crippen LogP contribution in [0.3, 0.4) is 0 Å². The number of amides is 1. The van der Waals surface area contributed by atoms with Gasteiger partial charge in [0.25, 0.3) is 0 Å². The number of carbonyl (C=O) groups is 1. The molecule has 4 rings (SSSR count). The van der Waals surface area contributed by atoms with Gasteiger partial charge in [-0.3, -0.25) is 4.79 Å². The number of aryl methyl sites for hydroxylation is 1. The Morgan fingerprint density at radius 3 is 3.08 bits per heavy atom. The third kappa shape index (κ3) is 3.21. The lowest BCUT2D eigenvalue weighted by Crippen LogP contribution is -2.17. The lowest BCUT2D eigenvalue weighted by molar-refractivity contribution is 0.0999. The molecular formula is C18H18N4O3S. The summed E-state index contributed by atoms with van der Waals surface area (Å²) in [7, 11) is 0. The number of hydrogen-bond acceptors (Lipinski definition) is 7. The highest BCUT2D eigenvalue weighted by Crippen LogP contribution is 2.34. The zero-order chi connectivity index (χ0) is 18.1. The fraction of sp³-hybridized carbons (Fsp3) is 0.278. The number of thiophene rings is 1. The van der Waals surface area contributed by atoms with Gasteiger partial charge in [-0.2, -0.15) is 0 Å². The van der Waals surface area contributed by atoms with Crippen LogP contribution in [0.4, 0.5) is 11.5 Å². The molecule has 8 heteroatoms. The number of nitrogens with two attached hydrogens (primary N) is 1. The van der Waals surface area contributed by atoms with Crippen LogP contribution >= 0.6 is 11.3 Å². The van der Waals surface area contributed by atoms with Gasteiger partial charge < -0.3 is 20.5 Å². The van der Waals surface area contributed by atoms with Crippen LogP contribution in [-0.4, -0.2) is 35.2 Å². The second-order valence-corrected chi connectivity index (χ2v) is 7.00. The number of fused-ring (bicyclic) bond motifs is 1. The molecular weight excluding hydrogens is 352 g/mol. The van der Waals surface area contributed by atoms with Gasteiger partial charge in [0.05, 0.1) is 29.1 Å². The number of carbonyl (C=O) groups excluding carboxylic acids is 1. The average Bonchev–Trinajstić information content (AvgIpc) is 3.27. The topological polar surface area (TPSA) is 99.4 Å². The molecule has 0 spiro atoms. The van der Waals surface area contributed by atoms with Crippen molar-refractivity contribution >= 4 is 39.0 Å². The number of anilines is 2. The van der Waals surface area contributed by atoms with E-state index in [2.05, 4.69) is 15.3 Å². The molecule has 1 saturated heterocycles. The van der Waals surface area contributed by atoms with Gasteiger partial charge >= 0.3 is 0 Å². The van der Waals surface area contributed by atoms with Crippen molar-refractivity contribution in [3.05, 3.63) is 41.0 Å². The third-order valence-electron chi connectivity index (χ3n) is 4.23. The Labute approximate surface area is 154 Å². The Morgan fingerprint density at radius 2 is 2.31 bits per heavy atom. The Kier molecular flexibility index (Phi) is 4.44. The molecule has 0 bridgehead atoms. The first-order valence-electron chi connectivity index (χ1n) is 8.26. The van der Waals surface area contributed by atoms with Gasteiger partial charge in [-0.1, -0.05) is 0 Å². The van der Waals surface area contributed by atoms with E-state index in [0.29, 0.717) is 36.0 Å². The molecule has 1 aliphatic heterocycles. The maximum atomic E-state index is 11.5. The minimum absolute atomic E-state index is 0.0481. The molecule has 3 aromatic rings. The highest BCUT2D eigenvalue weighted by Gasteiger charge is 2.20. The van der Waals surface area contributed by atoms with Crippen LogP contribution in [0.2, 0.25) is 0 Å². The van der Waals surface area contributed by atoms with E-state index < -0.39 is 5.91 Å². The quantitative estimate of drug-likeness (QED) is 0.716. The van der Waals surface area contributed by atoms with E-state index in [1.165, 1.54) is 6.33 Å². The fourth-order valence-corrected chi connectivity index (χ4v) is 3.79. The molecule has 1 unspecified atom stereocenters. The van der Waals surface area contributed by atoms with Crippen molar-refractivity contribution < 1.29 is 14.3 Å². The zero-order valence-electron chi connectivity index (χ0n) is 14.2. The minimum Gasteiger partial charge on any atom is -0.486 e. The summed E-state index contributed by atoms with van der Waals surface area (Å²) >= 11 is 1.58. The maximum absolute atomic E-state index is 11.5. The SMILES string of the molecule is Cc1csc2c(Nc3ccc(C(N)=O)cc3OC3CCOC3)ncnc12. The second kappa shape index (κ2) is 6.89. The number of hydrogen-bond donors (Lipinski definition) is 2. The standard InChI is InChI=1S/C18H18N4O3S/c1-10-8-26-16-15(10)20-9-21-18(16)22-13-3-2-11(17(19)23)6-14(13)25-12-4-5-24-7-12/h2-3,6,8-9,12H,4-5,7H2,1H3,(H2,19,23)(H,20,21,22). The van der Waals surface area contributed by atoms with E-state index in [-0.39, 0.29) is 6.10 Å². The number of benzene rings is 1. The predicted octanol–water partition coefficient (Wildman–Crippen LogP) is 3.01. The molecule has 134 valence electrons. The lowest BCUT2D eigenvalue weighted by Gasteiger charge is -2.17. The van der Waals surface area contributed by atoms with E-state index in [1.807, 2.05) is 12.3 Å². The minimum atomic E-state index is -0.498. The third-order valence-corrected chi connectivity index (χ3v) is 5.33. The largest absolute Gasteiger partial charge is 0.486 e. The van der Waals surface area contributed by atoms with Gasteiger partial charge in [-0.25, -0.2) is 9.97 Å². The Balaban J connectivity index is 1.71. The van der Waals surface area contributed by atoms with Crippen LogP contribution in [0, 0.1) is 6.92 Å². The van der Waals surface area contributed by atoms with Crippen LogP contribution < -0.4 is 15.8 Å². The van der Waals surface area contributed by atoms with Crippen LogP contribution in [0.15, 0.2) is 29.9 Å². The summed E-state index contributed by atoms with van der Waals surface area (Å²) in [5.41, 5.74) is 8.55. The lowest BCUT2D eigenvalue weighted by atomic mass is 10.1. The van der Waals surface area contributed by atoms with Crippen LogP contribution in [0.1, 0.15) is 22.3 Å². The van der Waals surface area contributed by atoms with Crippen molar-refractivity contribution in [1.29, 1.82) is 0 Å². The molecule has 2 aromatic heterocycles. The van der Waals surface area contributed by atoms with Gasteiger partial charge in [-0.15, -0.1) is 11.3 Å². The van der Waals surface area contributed by atoms with Crippen molar-refractivity contribution in [2.24, 2.45) is 5.73 Å². The van der Waals surface area contributed by atoms with Crippen molar-refractivity contribution in [2.45, 2.75) is 19.4 Å². The predicted molar refractivity (Wildman–Crippen MR) is 100 cm³/mol. The number of ether oxygens (including phenoxy) is 2. The normalized spacial score (nSPS) is 16.7. The van der Waals surface area contributed by atoms with Crippen LogP contribution in [0.25, 0.3) is 10.2 Å². The first kappa shape index (κ1) is 16.7. The molecule has 7 nitrogen and oxygen atoms in total. The summed E-state index contributed by atoms with van der Waals surface area (Å²) < 4.78 is 12.4. The van der Waals surface area contributed by atoms with E-state index in [1.54, 1.807) is 29.5 Å². The summed E-state index contributed by atoms with van der Waals surface area (Å²) in [6.07, 6.45) is 2.29. The highest BCUT2D eigenvalue weighted by molar-refractivity contribution is 7.18. The summed E-state index contributed by atoms with van der Waals surface area (Å²) in [5.74, 6) is 0.756. The Hall–Kier alpha value is -2.71. The first-order chi connectivity index (χ1) is 12.6. The molecule has 0 aliphatic carbocycles. The number of aromatic nitrogens is 2. The first-order valence-corrected chi connectivity index (χ1v) is 9.14. The molecule has 1 fully saturated rings. The van der Waals surface area contributed by atoms with Crippen LogP contribution in [-0.2, 0) is 4.74 Å². The van der Waals surface area contributed by atoms with Gasteiger partial charge in [0.1, 0.15) is 18.2 Å². The molecule has 3 N–H and O–H groups in total. The average molecular weight is 370 g/mol. The molecule has 1 atom stereocenters. The van der Waals surface area contributed by atoms with Gasteiger partial charge in [0.2, 0.25) is 5.91 Å². The molecule has 1 aliphatic rings. The molecule has 1 amide bonds. The smallest absolute Gasteiger partial charge is 0.248 e. The highest BCUT2D eigenvalue weighted by atomic mass is 32.1. The molecule has 3 heterocycles. The summed E-state index contributed by atoms with van der Waals surface area (Å²) in [6, 6.07) is 5.10. The van der Waals surface area contributed by atoms with E-state index in [9.17, 15) is 4.79 Å². The summed E-state index contributed by atoms with van der Waals surface area (Å²) in [4.78, 5) is 20.2. The van der Waals surface area contributed by atoms with Crippen molar-refractivity contribution in [1.82, 2.24) is 9.97 Å². The molecule has 0 radical (unpaired) electrons. The number of nitrogens with zero attached hydrogens (tertiary/aromatic N) is 2. The van der Waals surface area contributed by atoms with E-state index in [4.69, 9.17) is 15.2 Å². The number of primary amides is 1. The summed E-state index contributed by atoms with van der Waals surface area (Å²) in [5, 5.41) is 5.36.